The molecule has 0 atom stereocenters. The van der Waals surface area contributed by atoms with E-state index in [1.807, 2.05) is 23.0 Å². The van der Waals surface area contributed by atoms with Gasteiger partial charge in [-0.2, -0.15) is 9.97 Å². The van der Waals surface area contributed by atoms with Crippen LogP contribution in [0.4, 0.5) is 23.1 Å². The number of fused-ring (bicyclic) bond motifs is 2. The third kappa shape index (κ3) is 4.01. The first-order valence-corrected chi connectivity index (χ1v) is 12.2. The maximum Gasteiger partial charge on any atom is 0.229 e. The molecule has 6 rings (SSSR count). The number of anilines is 4. The highest BCUT2D eigenvalue weighted by Crippen LogP contribution is 2.37. The summed E-state index contributed by atoms with van der Waals surface area (Å²) in [5.41, 5.74) is 5.22. The largest absolute Gasteiger partial charge is 0.508 e. The molecule has 180 valence electrons. The summed E-state index contributed by atoms with van der Waals surface area (Å²) < 4.78 is 2.02. The molecule has 1 saturated heterocycles. The summed E-state index contributed by atoms with van der Waals surface area (Å²) in [6.45, 7) is 4.94. The van der Waals surface area contributed by atoms with E-state index in [1.54, 1.807) is 12.1 Å². The molecule has 2 aromatic heterocycles. The van der Waals surface area contributed by atoms with Crippen LogP contribution < -0.4 is 14.7 Å². The molecular weight excluding hydrogens is 442 g/mol. The van der Waals surface area contributed by atoms with Crippen LogP contribution in [0.2, 0.25) is 0 Å². The number of piperazine rings is 1. The Morgan fingerprint density at radius 2 is 1.63 bits per heavy atom. The van der Waals surface area contributed by atoms with Gasteiger partial charge in [0.15, 0.2) is 17.0 Å². The minimum absolute atomic E-state index is 0.128. The molecule has 0 amide bonds. The average Bonchev–Trinajstić information content (AvgIpc) is 3.52. The highest BCUT2D eigenvalue weighted by atomic mass is 16.3. The highest BCUT2D eigenvalue weighted by molar-refractivity contribution is 5.89. The lowest BCUT2D eigenvalue weighted by molar-refractivity contribution is 0.280. The fourth-order valence-corrected chi connectivity index (χ4v) is 5.04. The van der Waals surface area contributed by atoms with Crippen LogP contribution in [0, 0.1) is 0 Å². The number of aromatic hydroxyl groups is 1. The Morgan fingerprint density at radius 1 is 0.857 bits per heavy atom. The van der Waals surface area contributed by atoms with Crippen molar-refractivity contribution in [3.05, 3.63) is 60.4 Å². The number of aryl methyl sites for hydroxylation is 1. The number of phenols is 1. The molecule has 0 radical (unpaired) electrons. The molecule has 2 aliphatic rings. The number of aromatic nitrogens is 4. The van der Waals surface area contributed by atoms with Gasteiger partial charge in [0, 0.05) is 57.3 Å². The predicted molar refractivity (Wildman–Crippen MR) is 137 cm³/mol. The van der Waals surface area contributed by atoms with Crippen LogP contribution in [0.1, 0.15) is 12.0 Å². The van der Waals surface area contributed by atoms with Gasteiger partial charge in [-0.25, -0.2) is 4.98 Å². The average molecular weight is 472 g/mol. The maximum absolute atomic E-state index is 9.60. The number of benzene rings is 2. The third-order valence-electron chi connectivity index (χ3n) is 6.91. The van der Waals surface area contributed by atoms with Crippen molar-refractivity contribution < 1.29 is 10.2 Å². The number of imidazole rings is 1. The summed E-state index contributed by atoms with van der Waals surface area (Å²) in [6.07, 6.45) is 3.44. The Hall–Kier alpha value is -3.85. The summed E-state index contributed by atoms with van der Waals surface area (Å²) >= 11 is 0. The summed E-state index contributed by atoms with van der Waals surface area (Å²) in [4.78, 5) is 21.6. The zero-order chi connectivity index (χ0) is 23.8. The summed E-state index contributed by atoms with van der Waals surface area (Å²) in [6, 6.07) is 15.8. The normalized spacial score (nSPS) is 15.7. The molecule has 0 spiro atoms. The van der Waals surface area contributed by atoms with Gasteiger partial charge in [0.25, 0.3) is 0 Å². The van der Waals surface area contributed by atoms with E-state index in [0.29, 0.717) is 18.9 Å². The van der Waals surface area contributed by atoms with Crippen molar-refractivity contribution >= 4 is 34.3 Å². The molecule has 0 aliphatic carbocycles. The van der Waals surface area contributed by atoms with Crippen molar-refractivity contribution in [2.75, 3.05) is 54.0 Å². The molecule has 2 N–H and O–H groups in total. The Morgan fingerprint density at radius 3 is 2.43 bits per heavy atom. The summed E-state index contributed by atoms with van der Waals surface area (Å²) in [7, 11) is 0. The molecular formula is C26H29N7O2. The maximum atomic E-state index is 9.60. The quantitative estimate of drug-likeness (QED) is 0.443. The molecule has 4 aromatic rings. The van der Waals surface area contributed by atoms with E-state index >= 15 is 0 Å². The monoisotopic (exact) mass is 471 g/mol. The van der Waals surface area contributed by atoms with Gasteiger partial charge in [-0.15, -0.1) is 0 Å². The van der Waals surface area contributed by atoms with Crippen LogP contribution in [-0.4, -0.2) is 69.1 Å². The van der Waals surface area contributed by atoms with Crippen LogP contribution >= 0.6 is 0 Å². The Balaban J connectivity index is 1.34. The van der Waals surface area contributed by atoms with Gasteiger partial charge in [-0.05, 0) is 48.7 Å². The van der Waals surface area contributed by atoms with Crippen molar-refractivity contribution in [2.45, 2.75) is 19.4 Å². The number of aliphatic hydroxyl groups is 1. The minimum Gasteiger partial charge on any atom is -0.508 e. The smallest absolute Gasteiger partial charge is 0.229 e. The zero-order valence-corrected chi connectivity index (χ0v) is 19.6. The fraction of sp³-hybridized carbons (Fsp3) is 0.346. The molecule has 4 heterocycles. The van der Waals surface area contributed by atoms with Crippen LogP contribution in [0.25, 0.3) is 11.2 Å². The molecule has 2 aromatic carbocycles. The van der Waals surface area contributed by atoms with Crippen molar-refractivity contribution in [1.29, 1.82) is 0 Å². The van der Waals surface area contributed by atoms with Gasteiger partial charge in [0.2, 0.25) is 5.95 Å². The van der Waals surface area contributed by atoms with E-state index in [4.69, 9.17) is 15.0 Å². The van der Waals surface area contributed by atoms with E-state index in [9.17, 15) is 10.2 Å². The molecule has 9 nitrogen and oxygen atoms in total. The number of phenolic OH excluding ortho intramolecular Hbond substituents is 1. The second-order valence-electron chi connectivity index (χ2n) is 9.06. The number of nitrogens with zero attached hydrogens (tertiary/aromatic N) is 7. The molecule has 0 saturated carbocycles. The zero-order valence-electron chi connectivity index (χ0n) is 19.6. The number of aliphatic hydroxyl groups excluding tert-OH is 1. The van der Waals surface area contributed by atoms with Gasteiger partial charge in [0.05, 0.1) is 6.33 Å². The molecule has 0 unspecified atom stereocenters. The van der Waals surface area contributed by atoms with Crippen molar-refractivity contribution in [1.82, 2.24) is 19.5 Å². The van der Waals surface area contributed by atoms with Crippen LogP contribution in [0.15, 0.2) is 54.9 Å². The van der Waals surface area contributed by atoms with Gasteiger partial charge in [0.1, 0.15) is 5.75 Å². The Kier molecular flexibility index (Phi) is 5.61. The van der Waals surface area contributed by atoms with Crippen molar-refractivity contribution in [3.8, 4) is 5.75 Å². The van der Waals surface area contributed by atoms with Gasteiger partial charge >= 0.3 is 0 Å². The number of rotatable bonds is 6. The predicted octanol–water partition coefficient (Wildman–Crippen LogP) is 2.94. The van der Waals surface area contributed by atoms with E-state index in [0.717, 1.165) is 61.8 Å². The summed E-state index contributed by atoms with van der Waals surface area (Å²) in [5.74, 6) is 1.84. The lowest BCUT2D eigenvalue weighted by atomic mass is 10.2. The molecule has 1 fully saturated rings. The molecule has 9 heteroatoms. The van der Waals surface area contributed by atoms with Crippen molar-refractivity contribution in [2.24, 2.45) is 0 Å². The lowest BCUT2D eigenvalue weighted by Gasteiger charge is -2.36. The van der Waals surface area contributed by atoms with Gasteiger partial charge < -0.3 is 29.5 Å². The van der Waals surface area contributed by atoms with E-state index in [2.05, 4.69) is 39.0 Å². The van der Waals surface area contributed by atoms with Crippen LogP contribution in [-0.2, 0) is 13.0 Å². The molecule has 0 bridgehead atoms. The molecule has 2 aliphatic heterocycles. The van der Waals surface area contributed by atoms with E-state index in [1.165, 1.54) is 11.3 Å². The second kappa shape index (κ2) is 9.07. The Bertz CT molecular complexity index is 1330. The fourth-order valence-electron chi connectivity index (χ4n) is 5.04. The number of para-hydroxylation sites is 1. The number of hydrogen-bond donors (Lipinski definition) is 2. The highest BCUT2D eigenvalue weighted by Gasteiger charge is 2.27. The summed E-state index contributed by atoms with van der Waals surface area (Å²) in [5, 5.41) is 19.0. The van der Waals surface area contributed by atoms with Crippen molar-refractivity contribution in [3.63, 3.8) is 0 Å². The first-order chi connectivity index (χ1) is 17.2. The van der Waals surface area contributed by atoms with E-state index < -0.39 is 0 Å². The van der Waals surface area contributed by atoms with Gasteiger partial charge in [-0.3, -0.25) is 0 Å². The minimum atomic E-state index is 0.128. The second-order valence-corrected chi connectivity index (χ2v) is 9.06. The first kappa shape index (κ1) is 21.7. The number of hydrogen-bond acceptors (Lipinski definition) is 8. The first-order valence-electron chi connectivity index (χ1n) is 12.2. The third-order valence-corrected chi connectivity index (χ3v) is 6.91. The van der Waals surface area contributed by atoms with E-state index in [-0.39, 0.29) is 12.4 Å². The van der Waals surface area contributed by atoms with Gasteiger partial charge in [-0.1, -0.05) is 18.2 Å². The Labute approximate surface area is 203 Å². The van der Waals surface area contributed by atoms with Crippen LogP contribution in [0.5, 0.6) is 5.75 Å². The van der Waals surface area contributed by atoms with Crippen LogP contribution in [0.3, 0.4) is 0 Å². The standard InChI is InChI=1S/C26H29N7O2/c34-17-3-11-32-18-27-23-24(32)28-26(29-25(23)33-12-10-19-4-1-2-5-22(19)33)31-15-13-30(14-16-31)20-6-8-21(35)9-7-20/h1-2,4-9,18,34-35H,3,10-17H2. The SMILES string of the molecule is OCCCn1cnc2c(N3CCc4ccccc43)nc(N3CCN(c4ccc(O)cc4)CC3)nc21. The molecule has 35 heavy (non-hydrogen) atoms. The topological polar surface area (TPSA) is 93.8 Å². The lowest BCUT2D eigenvalue weighted by Crippen LogP contribution is -2.47.